The summed E-state index contributed by atoms with van der Waals surface area (Å²) in [6.07, 6.45) is 0. The molecule has 27 heavy (non-hydrogen) atoms. The lowest BCUT2D eigenvalue weighted by Gasteiger charge is -2.10. The van der Waals surface area contributed by atoms with Crippen molar-refractivity contribution in [3.63, 3.8) is 0 Å². The lowest BCUT2D eigenvalue weighted by Crippen LogP contribution is -2.29. The number of tetrazole rings is 1. The van der Waals surface area contributed by atoms with Crippen LogP contribution in [0.15, 0.2) is 34.4 Å². The molecule has 0 bridgehead atoms. The van der Waals surface area contributed by atoms with Crippen LogP contribution in [0.3, 0.4) is 0 Å². The molecule has 0 radical (unpaired) electrons. The van der Waals surface area contributed by atoms with Crippen molar-refractivity contribution in [3.05, 3.63) is 45.7 Å². The first-order valence-electron chi connectivity index (χ1n) is 7.84. The van der Waals surface area contributed by atoms with E-state index in [1.807, 2.05) is 0 Å². The van der Waals surface area contributed by atoms with Crippen molar-refractivity contribution in [2.75, 3.05) is 12.1 Å². The van der Waals surface area contributed by atoms with Crippen molar-refractivity contribution in [2.45, 2.75) is 13.5 Å². The Morgan fingerprint density at radius 3 is 2.74 bits per heavy atom. The second-order valence-electron chi connectivity index (χ2n) is 5.64. The minimum absolute atomic E-state index is 0.0469. The lowest BCUT2D eigenvalue weighted by atomic mass is 10.1. The summed E-state index contributed by atoms with van der Waals surface area (Å²) in [6, 6.07) is 6.53. The molecule has 0 spiro atoms. The topological polar surface area (TPSA) is 117 Å². The van der Waals surface area contributed by atoms with Crippen LogP contribution in [0.5, 0.6) is 11.5 Å². The minimum Gasteiger partial charge on any atom is -0.454 e. The zero-order chi connectivity index (χ0) is 19.0. The molecule has 0 fully saturated rings. The molecule has 0 unspecified atom stereocenters. The van der Waals surface area contributed by atoms with Gasteiger partial charge in [-0.3, -0.25) is 9.59 Å². The SMILES string of the molecule is CC(=O)c1cc2c(cc1NC(=O)Cn1nnn(-c3cccs3)c1=O)OCO2. The lowest BCUT2D eigenvalue weighted by molar-refractivity contribution is -0.117. The molecule has 138 valence electrons. The number of anilines is 1. The van der Waals surface area contributed by atoms with E-state index < -0.39 is 11.6 Å². The third kappa shape index (κ3) is 3.19. The number of hydrogen-bond donors (Lipinski definition) is 1. The van der Waals surface area contributed by atoms with E-state index in [1.165, 1.54) is 30.4 Å². The monoisotopic (exact) mass is 387 g/mol. The van der Waals surface area contributed by atoms with E-state index in [-0.39, 0.29) is 30.4 Å². The molecule has 4 rings (SSSR count). The first-order chi connectivity index (χ1) is 13.0. The summed E-state index contributed by atoms with van der Waals surface area (Å²) in [7, 11) is 0. The van der Waals surface area contributed by atoms with Crippen molar-refractivity contribution in [3.8, 4) is 16.5 Å². The van der Waals surface area contributed by atoms with Crippen molar-refractivity contribution in [1.82, 2.24) is 19.8 Å². The van der Waals surface area contributed by atoms with Crippen LogP contribution in [-0.2, 0) is 11.3 Å². The van der Waals surface area contributed by atoms with Crippen LogP contribution in [0.2, 0.25) is 0 Å². The maximum absolute atomic E-state index is 12.4. The number of fused-ring (bicyclic) bond motifs is 1. The first kappa shape index (κ1) is 17.0. The fourth-order valence-electron chi connectivity index (χ4n) is 2.56. The molecule has 3 aromatic rings. The van der Waals surface area contributed by atoms with E-state index in [9.17, 15) is 14.4 Å². The normalized spacial score (nSPS) is 12.2. The van der Waals surface area contributed by atoms with Crippen LogP contribution < -0.4 is 20.5 Å². The predicted molar refractivity (Wildman–Crippen MR) is 94.7 cm³/mol. The highest BCUT2D eigenvalue weighted by atomic mass is 32.1. The number of ether oxygens (including phenoxy) is 2. The van der Waals surface area contributed by atoms with Crippen LogP contribution in [-0.4, -0.2) is 38.3 Å². The van der Waals surface area contributed by atoms with Gasteiger partial charge in [0, 0.05) is 11.6 Å². The van der Waals surface area contributed by atoms with Crippen LogP contribution in [0, 0.1) is 0 Å². The maximum Gasteiger partial charge on any atom is 0.369 e. The van der Waals surface area contributed by atoms with Gasteiger partial charge >= 0.3 is 5.69 Å². The quantitative estimate of drug-likeness (QED) is 0.651. The Kier molecular flexibility index (Phi) is 4.20. The molecule has 1 aliphatic heterocycles. The smallest absolute Gasteiger partial charge is 0.369 e. The Bertz CT molecular complexity index is 1090. The van der Waals surface area contributed by atoms with Gasteiger partial charge in [0.05, 0.1) is 5.69 Å². The second kappa shape index (κ2) is 6.68. The highest BCUT2D eigenvalue weighted by Crippen LogP contribution is 2.37. The summed E-state index contributed by atoms with van der Waals surface area (Å²) in [5.74, 6) is 0.0884. The van der Waals surface area contributed by atoms with Crippen LogP contribution in [0.4, 0.5) is 5.69 Å². The Morgan fingerprint density at radius 1 is 1.26 bits per heavy atom. The molecule has 0 atom stereocenters. The number of nitrogens with zero attached hydrogens (tertiary/aromatic N) is 4. The number of hydrogen-bond acceptors (Lipinski definition) is 8. The predicted octanol–water partition coefficient (Wildman–Crippen LogP) is 1.06. The minimum atomic E-state index is -0.537. The van der Waals surface area contributed by atoms with E-state index in [2.05, 4.69) is 15.7 Å². The van der Waals surface area contributed by atoms with Crippen LogP contribution in [0.1, 0.15) is 17.3 Å². The molecule has 3 heterocycles. The molecule has 2 aromatic heterocycles. The van der Waals surface area contributed by atoms with Crippen molar-refractivity contribution < 1.29 is 19.1 Å². The average Bonchev–Trinajstić information content (AvgIpc) is 3.36. The summed E-state index contributed by atoms with van der Waals surface area (Å²) in [5, 5.41) is 12.5. The first-order valence-corrected chi connectivity index (χ1v) is 8.72. The fourth-order valence-corrected chi connectivity index (χ4v) is 3.23. The number of carbonyl (C=O) groups excluding carboxylic acids is 2. The van der Waals surface area contributed by atoms with Gasteiger partial charge in [-0.1, -0.05) is 0 Å². The average molecular weight is 387 g/mol. The van der Waals surface area contributed by atoms with Gasteiger partial charge in [0.25, 0.3) is 0 Å². The Hall–Kier alpha value is -3.47. The molecule has 0 saturated carbocycles. The van der Waals surface area contributed by atoms with E-state index in [0.717, 1.165) is 9.36 Å². The molecule has 1 aliphatic rings. The zero-order valence-corrected chi connectivity index (χ0v) is 14.9. The van der Waals surface area contributed by atoms with Gasteiger partial charge in [-0.15, -0.1) is 11.3 Å². The number of Topliss-reactive ketones (excluding diaryl/α,β-unsaturated/α-hetero) is 1. The van der Waals surface area contributed by atoms with E-state index >= 15 is 0 Å². The third-order valence-electron chi connectivity index (χ3n) is 3.81. The fraction of sp³-hybridized carbons (Fsp3) is 0.188. The largest absolute Gasteiger partial charge is 0.454 e. The van der Waals surface area contributed by atoms with Crippen molar-refractivity contribution in [1.29, 1.82) is 0 Å². The van der Waals surface area contributed by atoms with Gasteiger partial charge in [0.15, 0.2) is 17.3 Å². The number of benzene rings is 1. The van der Waals surface area contributed by atoms with E-state index in [4.69, 9.17) is 9.47 Å². The number of aromatic nitrogens is 4. The van der Waals surface area contributed by atoms with Gasteiger partial charge in [0.2, 0.25) is 12.7 Å². The highest BCUT2D eigenvalue weighted by Gasteiger charge is 2.21. The molecule has 0 saturated heterocycles. The molecule has 1 aromatic carbocycles. The summed E-state index contributed by atoms with van der Waals surface area (Å²) < 4.78 is 12.6. The van der Waals surface area contributed by atoms with E-state index in [0.29, 0.717) is 16.5 Å². The summed E-state index contributed by atoms with van der Waals surface area (Å²) in [5.41, 5.74) is 0.0164. The van der Waals surface area contributed by atoms with Crippen molar-refractivity contribution >= 4 is 28.7 Å². The highest BCUT2D eigenvalue weighted by molar-refractivity contribution is 7.12. The van der Waals surface area contributed by atoms with Gasteiger partial charge < -0.3 is 14.8 Å². The molecule has 11 heteroatoms. The molecule has 1 amide bonds. The molecule has 10 nitrogen and oxygen atoms in total. The Morgan fingerprint density at radius 2 is 2.04 bits per heavy atom. The zero-order valence-electron chi connectivity index (χ0n) is 14.0. The summed E-state index contributed by atoms with van der Waals surface area (Å²) in [6.45, 7) is 1.07. The maximum atomic E-state index is 12.4. The van der Waals surface area contributed by atoms with Crippen LogP contribution >= 0.6 is 11.3 Å². The standard InChI is InChI=1S/C16H13N5O5S/c1-9(22)10-5-12-13(26-8-25-12)6-11(10)17-14(23)7-20-16(24)21(19-18-20)15-3-2-4-27-15/h2-6H,7-8H2,1H3,(H,17,23). The molecular formula is C16H13N5O5S. The van der Waals surface area contributed by atoms with E-state index in [1.54, 1.807) is 17.5 Å². The van der Waals surface area contributed by atoms with Gasteiger partial charge in [-0.05, 0) is 40.9 Å². The molecular weight excluding hydrogens is 374 g/mol. The second-order valence-corrected chi connectivity index (χ2v) is 6.56. The van der Waals surface area contributed by atoms with Gasteiger partial charge in [0.1, 0.15) is 11.5 Å². The van der Waals surface area contributed by atoms with Gasteiger partial charge in [-0.25, -0.2) is 4.79 Å². The number of carbonyl (C=O) groups is 2. The van der Waals surface area contributed by atoms with Gasteiger partial charge in [-0.2, -0.15) is 9.36 Å². The Balaban J connectivity index is 1.56. The third-order valence-corrected chi connectivity index (χ3v) is 4.66. The summed E-state index contributed by atoms with van der Waals surface area (Å²) >= 11 is 1.32. The van der Waals surface area contributed by atoms with Crippen molar-refractivity contribution in [2.24, 2.45) is 0 Å². The molecule has 0 aliphatic carbocycles. The number of rotatable bonds is 5. The number of amides is 1. The summed E-state index contributed by atoms with van der Waals surface area (Å²) in [4.78, 5) is 36.6. The number of thiophene rings is 1. The number of nitrogens with one attached hydrogen (secondary N) is 1. The molecule has 1 N–H and O–H groups in total. The number of ketones is 1. The Labute approximate surface area is 155 Å². The van der Waals surface area contributed by atoms with Crippen LogP contribution in [0.25, 0.3) is 5.00 Å².